The Hall–Kier alpha value is -3.04. The quantitative estimate of drug-likeness (QED) is 0.637. The van der Waals surface area contributed by atoms with Crippen LogP contribution < -0.4 is 10.6 Å². The molecule has 3 amide bonds. The van der Waals surface area contributed by atoms with Gasteiger partial charge in [0.15, 0.2) is 5.13 Å². The third kappa shape index (κ3) is 4.12. The number of thiophene rings is 1. The zero-order valence-electron chi connectivity index (χ0n) is 16.5. The van der Waals surface area contributed by atoms with Gasteiger partial charge in [0.05, 0.1) is 23.0 Å². The molecule has 1 aliphatic heterocycles. The van der Waals surface area contributed by atoms with Crippen LogP contribution in [-0.2, 0) is 16.1 Å². The summed E-state index contributed by atoms with van der Waals surface area (Å²) in [6, 6.07) is 11.2. The van der Waals surface area contributed by atoms with E-state index < -0.39 is 5.92 Å². The molecular formula is C21H20N4O3S2. The summed E-state index contributed by atoms with van der Waals surface area (Å²) in [5.41, 5.74) is 2.10. The normalized spacial score (nSPS) is 15.6. The predicted octanol–water partition coefficient (Wildman–Crippen LogP) is 3.32. The van der Waals surface area contributed by atoms with Crippen molar-refractivity contribution in [2.75, 3.05) is 18.9 Å². The molecule has 1 unspecified atom stereocenters. The number of aromatic nitrogens is 1. The molecule has 0 aliphatic carbocycles. The van der Waals surface area contributed by atoms with E-state index in [0.717, 1.165) is 21.0 Å². The molecule has 154 valence electrons. The summed E-state index contributed by atoms with van der Waals surface area (Å²) >= 11 is 2.91. The highest BCUT2D eigenvalue weighted by Gasteiger charge is 2.33. The van der Waals surface area contributed by atoms with E-state index in [1.165, 1.54) is 18.3 Å². The lowest BCUT2D eigenvalue weighted by molar-refractivity contribution is -0.119. The topological polar surface area (TPSA) is 91.4 Å². The van der Waals surface area contributed by atoms with Crippen LogP contribution >= 0.6 is 22.7 Å². The van der Waals surface area contributed by atoms with E-state index in [0.29, 0.717) is 23.8 Å². The Morgan fingerprint density at radius 1 is 1.23 bits per heavy atom. The molecule has 7 nitrogen and oxygen atoms in total. The van der Waals surface area contributed by atoms with Crippen LogP contribution in [0.15, 0.2) is 41.8 Å². The lowest BCUT2D eigenvalue weighted by Crippen LogP contribution is -2.41. The number of likely N-dealkylation sites (N-methyl/N-ethyl adjacent to an activating group) is 1. The zero-order valence-corrected chi connectivity index (χ0v) is 18.1. The number of carbonyl (C=O) groups excluding carboxylic acids is 3. The van der Waals surface area contributed by atoms with Crippen molar-refractivity contribution in [1.82, 2.24) is 15.2 Å². The molecule has 9 heteroatoms. The van der Waals surface area contributed by atoms with Gasteiger partial charge in [-0.25, -0.2) is 4.98 Å². The van der Waals surface area contributed by atoms with Crippen LogP contribution in [0.1, 0.15) is 33.6 Å². The highest BCUT2D eigenvalue weighted by molar-refractivity contribution is 7.17. The Morgan fingerprint density at radius 3 is 2.83 bits per heavy atom. The zero-order chi connectivity index (χ0) is 21.3. The second kappa shape index (κ2) is 8.37. The number of rotatable bonds is 5. The van der Waals surface area contributed by atoms with Crippen molar-refractivity contribution in [2.24, 2.45) is 0 Å². The van der Waals surface area contributed by atoms with Crippen molar-refractivity contribution in [1.29, 1.82) is 0 Å². The maximum atomic E-state index is 13.0. The monoisotopic (exact) mass is 440 g/mol. The molecule has 0 radical (unpaired) electrons. The van der Waals surface area contributed by atoms with Gasteiger partial charge in [0, 0.05) is 36.3 Å². The maximum Gasteiger partial charge on any atom is 0.253 e. The van der Waals surface area contributed by atoms with Gasteiger partial charge in [-0.15, -0.1) is 22.7 Å². The first kappa shape index (κ1) is 20.2. The van der Waals surface area contributed by atoms with Crippen molar-refractivity contribution in [2.45, 2.75) is 19.4 Å². The van der Waals surface area contributed by atoms with Gasteiger partial charge in [-0.1, -0.05) is 18.2 Å². The van der Waals surface area contributed by atoms with Crippen LogP contribution in [0.2, 0.25) is 0 Å². The van der Waals surface area contributed by atoms with E-state index in [4.69, 9.17) is 0 Å². The van der Waals surface area contributed by atoms with Gasteiger partial charge in [0.25, 0.3) is 5.91 Å². The van der Waals surface area contributed by atoms with Gasteiger partial charge < -0.3 is 15.5 Å². The third-order valence-corrected chi connectivity index (χ3v) is 6.71. The van der Waals surface area contributed by atoms with Crippen LogP contribution in [0.25, 0.3) is 10.6 Å². The number of carbonyl (C=O) groups is 3. The van der Waals surface area contributed by atoms with Crippen molar-refractivity contribution in [3.05, 3.63) is 57.8 Å². The number of anilines is 1. The van der Waals surface area contributed by atoms with Crippen LogP contribution in [-0.4, -0.2) is 41.2 Å². The van der Waals surface area contributed by atoms with E-state index in [1.54, 1.807) is 35.4 Å². The molecule has 0 saturated carbocycles. The van der Waals surface area contributed by atoms with Crippen molar-refractivity contribution < 1.29 is 14.4 Å². The van der Waals surface area contributed by atoms with Crippen LogP contribution in [0.4, 0.5) is 5.13 Å². The lowest BCUT2D eigenvalue weighted by Gasteiger charge is -2.30. The fourth-order valence-corrected chi connectivity index (χ4v) is 5.04. The Kier molecular flexibility index (Phi) is 5.65. The molecule has 3 heterocycles. The second-order valence-corrected chi connectivity index (χ2v) is 9.05. The first-order valence-electron chi connectivity index (χ1n) is 9.36. The molecule has 0 spiro atoms. The van der Waals surface area contributed by atoms with E-state index in [1.807, 2.05) is 29.6 Å². The average Bonchev–Trinajstić information content (AvgIpc) is 3.38. The fraction of sp³-hybridized carbons (Fsp3) is 0.238. The standard InChI is InChI=1S/C21H20N4O3S2/c1-12(26)22-9-13-7-8-18(30-13)17-11-29-21(23-17)24-19(27)16-10-25(2)20(28)15-6-4-3-5-14(15)16/h3-8,11,16H,9-10H2,1-2H3,(H,22,26)(H,23,24,27). The molecule has 3 aromatic rings. The fourth-order valence-electron chi connectivity index (χ4n) is 3.34. The van der Waals surface area contributed by atoms with E-state index in [-0.39, 0.29) is 17.7 Å². The Balaban J connectivity index is 1.48. The minimum atomic E-state index is -0.442. The molecule has 2 N–H and O–H groups in total. The van der Waals surface area contributed by atoms with Gasteiger partial charge in [-0.2, -0.15) is 0 Å². The molecule has 0 saturated heterocycles. The maximum absolute atomic E-state index is 13.0. The largest absolute Gasteiger partial charge is 0.351 e. The number of fused-ring (bicyclic) bond motifs is 1. The average molecular weight is 441 g/mol. The van der Waals surface area contributed by atoms with E-state index in [2.05, 4.69) is 15.6 Å². The van der Waals surface area contributed by atoms with Crippen molar-refractivity contribution >= 4 is 45.5 Å². The molecule has 1 atom stereocenters. The highest BCUT2D eigenvalue weighted by Crippen LogP contribution is 2.32. The second-order valence-electron chi connectivity index (χ2n) is 7.03. The molecule has 0 fully saturated rings. The Labute approximate surface area is 181 Å². The summed E-state index contributed by atoms with van der Waals surface area (Å²) in [7, 11) is 1.70. The highest BCUT2D eigenvalue weighted by atomic mass is 32.1. The molecule has 1 aromatic carbocycles. The number of nitrogens with one attached hydrogen (secondary N) is 2. The molecular weight excluding hydrogens is 420 g/mol. The summed E-state index contributed by atoms with van der Waals surface area (Å²) in [5.74, 6) is -0.762. The van der Waals surface area contributed by atoms with Gasteiger partial charge in [-0.3, -0.25) is 14.4 Å². The van der Waals surface area contributed by atoms with Crippen molar-refractivity contribution in [3.63, 3.8) is 0 Å². The first-order valence-corrected chi connectivity index (χ1v) is 11.1. The smallest absolute Gasteiger partial charge is 0.253 e. The number of hydrogen-bond donors (Lipinski definition) is 2. The lowest BCUT2D eigenvalue weighted by atomic mass is 9.89. The third-order valence-electron chi connectivity index (χ3n) is 4.85. The van der Waals surface area contributed by atoms with Gasteiger partial charge in [0.2, 0.25) is 11.8 Å². The predicted molar refractivity (Wildman–Crippen MR) is 118 cm³/mol. The number of benzene rings is 1. The molecule has 2 aromatic heterocycles. The van der Waals surface area contributed by atoms with Gasteiger partial charge in [-0.05, 0) is 23.8 Å². The van der Waals surface area contributed by atoms with Gasteiger partial charge >= 0.3 is 0 Å². The van der Waals surface area contributed by atoms with E-state index in [9.17, 15) is 14.4 Å². The molecule has 0 bridgehead atoms. The van der Waals surface area contributed by atoms with E-state index >= 15 is 0 Å². The van der Waals surface area contributed by atoms with Crippen LogP contribution in [0.5, 0.6) is 0 Å². The minimum Gasteiger partial charge on any atom is -0.351 e. The summed E-state index contributed by atoms with van der Waals surface area (Å²) in [6.07, 6.45) is 0. The number of nitrogens with zero attached hydrogens (tertiary/aromatic N) is 2. The van der Waals surface area contributed by atoms with Crippen LogP contribution in [0, 0.1) is 0 Å². The number of hydrogen-bond acceptors (Lipinski definition) is 6. The summed E-state index contributed by atoms with van der Waals surface area (Å²) in [4.78, 5) is 44.5. The SMILES string of the molecule is CC(=O)NCc1ccc(-c2csc(NC(=O)C3CN(C)C(=O)c4ccccc43)n2)s1. The summed E-state index contributed by atoms with van der Waals surface area (Å²) < 4.78 is 0. The van der Waals surface area contributed by atoms with Crippen LogP contribution in [0.3, 0.4) is 0 Å². The summed E-state index contributed by atoms with van der Waals surface area (Å²) in [6.45, 7) is 2.31. The van der Waals surface area contributed by atoms with Crippen molar-refractivity contribution in [3.8, 4) is 10.6 Å². The Bertz CT molecular complexity index is 1120. The molecule has 30 heavy (non-hydrogen) atoms. The Morgan fingerprint density at radius 2 is 2.03 bits per heavy atom. The first-order chi connectivity index (χ1) is 14.4. The number of thiazole rings is 1. The molecule has 1 aliphatic rings. The number of amides is 3. The molecule has 4 rings (SSSR count). The minimum absolute atomic E-state index is 0.0692. The summed E-state index contributed by atoms with van der Waals surface area (Å²) in [5, 5.41) is 8.10. The van der Waals surface area contributed by atoms with Gasteiger partial charge in [0.1, 0.15) is 0 Å².